The minimum Gasteiger partial charge on any atom is -0.350 e. The van der Waals surface area contributed by atoms with Gasteiger partial charge in [0.1, 0.15) is 0 Å². The maximum atomic E-state index is 6.18. The van der Waals surface area contributed by atoms with Crippen LogP contribution in [0.25, 0.3) is 0 Å². The zero-order valence-corrected chi connectivity index (χ0v) is 12.1. The van der Waals surface area contributed by atoms with Gasteiger partial charge in [-0.05, 0) is 48.2 Å². The van der Waals surface area contributed by atoms with Gasteiger partial charge in [-0.2, -0.15) is 0 Å². The normalized spacial score (nSPS) is 14.8. The Hall–Kier alpha value is -0.960. The van der Waals surface area contributed by atoms with Crippen LogP contribution in [0.15, 0.2) is 36.7 Å². The number of benzene rings is 1. The van der Waals surface area contributed by atoms with Gasteiger partial charge in [0.05, 0.1) is 0 Å². The standard InChI is InChI=1S/C15H16Cl2N2/c16-13-1-4-15(17)12(7-13)10-19-6-5-11(9-19)8-18-14-2-3-14/h1,4-7,9,14,18H,2-3,8,10H2. The highest BCUT2D eigenvalue weighted by Crippen LogP contribution is 2.22. The lowest BCUT2D eigenvalue weighted by atomic mass is 10.2. The molecule has 0 bridgehead atoms. The van der Waals surface area contributed by atoms with Crippen LogP contribution in [0.3, 0.4) is 0 Å². The molecule has 1 fully saturated rings. The predicted octanol–water partition coefficient (Wildman–Crippen LogP) is 4.10. The molecule has 100 valence electrons. The average molecular weight is 295 g/mol. The fourth-order valence-corrected chi connectivity index (χ4v) is 2.48. The van der Waals surface area contributed by atoms with Crippen molar-refractivity contribution in [1.82, 2.24) is 9.88 Å². The second-order valence-electron chi connectivity index (χ2n) is 5.08. The number of hydrogen-bond donors (Lipinski definition) is 1. The molecule has 1 aliphatic rings. The van der Waals surface area contributed by atoms with Crippen molar-refractivity contribution in [2.24, 2.45) is 0 Å². The predicted molar refractivity (Wildman–Crippen MR) is 79.9 cm³/mol. The first-order valence-corrected chi connectivity index (χ1v) is 7.28. The zero-order chi connectivity index (χ0) is 13.2. The molecule has 2 aromatic rings. The molecular weight excluding hydrogens is 279 g/mol. The first-order chi connectivity index (χ1) is 9.20. The van der Waals surface area contributed by atoms with Crippen LogP contribution in [0.5, 0.6) is 0 Å². The maximum Gasteiger partial charge on any atom is 0.0485 e. The highest BCUT2D eigenvalue weighted by Gasteiger charge is 2.19. The average Bonchev–Trinajstić information content (AvgIpc) is 3.12. The first-order valence-electron chi connectivity index (χ1n) is 6.53. The van der Waals surface area contributed by atoms with E-state index in [1.807, 2.05) is 18.2 Å². The number of nitrogens with zero attached hydrogens (tertiary/aromatic N) is 1. The second kappa shape index (κ2) is 5.58. The summed E-state index contributed by atoms with van der Waals surface area (Å²) in [5.41, 5.74) is 2.36. The first kappa shape index (κ1) is 13.0. The third-order valence-electron chi connectivity index (χ3n) is 3.34. The largest absolute Gasteiger partial charge is 0.350 e. The molecule has 1 saturated carbocycles. The summed E-state index contributed by atoms with van der Waals surface area (Å²) in [4.78, 5) is 0. The number of halogens is 2. The molecule has 2 nitrogen and oxygen atoms in total. The van der Waals surface area contributed by atoms with Crippen LogP contribution in [0, 0.1) is 0 Å². The van der Waals surface area contributed by atoms with Crippen LogP contribution in [0.2, 0.25) is 10.0 Å². The monoisotopic (exact) mass is 294 g/mol. The molecule has 0 amide bonds. The van der Waals surface area contributed by atoms with Crippen molar-refractivity contribution in [3.8, 4) is 0 Å². The van der Waals surface area contributed by atoms with Gasteiger partial charge in [0.15, 0.2) is 0 Å². The Morgan fingerprint density at radius 1 is 1.21 bits per heavy atom. The van der Waals surface area contributed by atoms with E-state index < -0.39 is 0 Å². The third-order valence-corrected chi connectivity index (χ3v) is 3.95. The van der Waals surface area contributed by atoms with Crippen molar-refractivity contribution in [2.75, 3.05) is 0 Å². The number of nitrogens with one attached hydrogen (secondary N) is 1. The van der Waals surface area contributed by atoms with Crippen molar-refractivity contribution < 1.29 is 0 Å². The number of hydrogen-bond acceptors (Lipinski definition) is 1. The molecule has 0 saturated heterocycles. The minimum atomic E-state index is 0.724. The third kappa shape index (κ3) is 3.53. The van der Waals surface area contributed by atoms with Gasteiger partial charge in [-0.3, -0.25) is 0 Å². The quantitative estimate of drug-likeness (QED) is 0.879. The van der Waals surface area contributed by atoms with E-state index >= 15 is 0 Å². The highest BCUT2D eigenvalue weighted by molar-refractivity contribution is 6.33. The van der Waals surface area contributed by atoms with Crippen LogP contribution in [-0.4, -0.2) is 10.6 Å². The van der Waals surface area contributed by atoms with Gasteiger partial charge in [-0.25, -0.2) is 0 Å². The summed E-state index contributed by atoms with van der Waals surface area (Å²) in [7, 11) is 0. The molecule has 0 unspecified atom stereocenters. The van der Waals surface area contributed by atoms with Crippen LogP contribution >= 0.6 is 23.2 Å². The van der Waals surface area contributed by atoms with Crippen LogP contribution in [0.4, 0.5) is 0 Å². The summed E-state index contributed by atoms with van der Waals surface area (Å²) < 4.78 is 2.14. The lowest BCUT2D eigenvalue weighted by Gasteiger charge is -2.06. The topological polar surface area (TPSA) is 17.0 Å². The molecule has 4 heteroatoms. The molecule has 0 atom stereocenters. The van der Waals surface area contributed by atoms with Gasteiger partial charge < -0.3 is 9.88 Å². The Morgan fingerprint density at radius 2 is 2.05 bits per heavy atom. The summed E-state index contributed by atoms with van der Waals surface area (Å²) in [6, 6.07) is 8.47. The molecule has 0 aliphatic heterocycles. The van der Waals surface area contributed by atoms with E-state index in [4.69, 9.17) is 23.2 Å². The highest BCUT2D eigenvalue weighted by atomic mass is 35.5. The molecular formula is C15H16Cl2N2. The fraction of sp³-hybridized carbons (Fsp3) is 0.333. The van der Waals surface area contributed by atoms with E-state index in [-0.39, 0.29) is 0 Å². The SMILES string of the molecule is Clc1ccc(Cl)c(Cn2ccc(CNC3CC3)c2)c1. The van der Waals surface area contributed by atoms with Gasteiger partial charge in [-0.15, -0.1) is 0 Å². The summed E-state index contributed by atoms with van der Waals surface area (Å²) in [6.07, 6.45) is 6.88. The lowest BCUT2D eigenvalue weighted by Crippen LogP contribution is -2.14. The molecule has 3 rings (SSSR count). The van der Waals surface area contributed by atoms with Crippen LogP contribution in [-0.2, 0) is 13.1 Å². The molecule has 1 heterocycles. The van der Waals surface area contributed by atoms with E-state index in [9.17, 15) is 0 Å². The maximum absolute atomic E-state index is 6.18. The van der Waals surface area contributed by atoms with Gasteiger partial charge in [0, 0.05) is 41.6 Å². The number of rotatable bonds is 5. The Bertz CT molecular complexity index is 573. The molecule has 1 aromatic heterocycles. The fourth-order valence-electron chi connectivity index (χ4n) is 2.10. The van der Waals surface area contributed by atoms with Crippen molar-refractivity contribution >= 4 is 23.2 Å². The van der Waals surface area contributed by atoms with E-state index in [0.29, 0.717) is 0 Å². The minimum absolute atomic E-state index is 0.724. The van der Waals surface area contributed by atoms with Crippen molar-refractivity contribution in [3.63, 3.8) is 0 Å². The summed E-state index contributed by atoms with van der Waals surface area (Å²) in [5.74, 6) is 0. The van der Waals surface area contributed by atoms with Crippen LogP contribution in [0.1, 0.15) is 24.0 Å². The van der Waals surface area contributed by atoms with Crippen molar-refractivity contribution in [3.05, 3.63) is 57.8 Å². The molecule has 1 N–H and O–H groups in total. The molecule has 1 aliphatic carbocycles. The summed E-state index contributed by atoms with van der Waals surface area (Å²) in [5, 5.41) is 4.99. The van der Waals surface area contributed by atoms with E-state index in [1.165, 1.54) is 18.4 Å². The lowest BCUT2D eigenvalue weighted by molar-refractivity contribution is 0.685. The van der Waals surface area contributed by atoms with Gasteiger partial charge in [0.25, 0.3) is 0 Å². The smallest absolute Gasteiger partial charge is 0.0485 e. The molecule has 19 heavy (non-hydrogen) atoms. The Labute approximate surface area is 123 Å². The summed E-state index contributed by atoms with van der Waals surface area (Å²) in [6.45, 7) is 1.70. The van der Waals surface area contributed by atoms with Crippen molar-refractivity contribution in [2.45, 2.75) is 32.0 Å². The molecule has 0 spiro atoms. The van der Waals surface area contributed by atoms with E-state index in [1.54, 1.807) is 0 Å². The van der Waals surface area contributed by atoms with Crippen molar-refractivity contribution in [1.29, 1.82) is 0 Å². The Kier molecular flexibility index (Phi) is 3.83. The van der Waals surface area contributed by atoms with Gasteiger partial charge in [-0.1, -0.05) is 23.2 Å². The molecule has 0 radical (unpaired) electrons. The number of aromatic nitrogens is 1. The Morgan fingerprint density at radius 3 is 2.84 bits per heavy atom. The van der Waals surface area contributed by atoms with E-state index in [0.717, 1.165) is 34.7 Å². The van der Waals surface area contributed by atoms with E-state index in [2.05, 4.69) is 28.3 Å². The summed E-state index contributed by atoms with van der Waals surface area (Å²) >= 11 is 12.2. The van der Waals surface area contributed by atoms with Gasteiger partial charge >= 0.3 is 0 Å². The second-order valence-corrected chi connectivity index (χ2v) is 5.93. The Balaban J connectivity index is 1.66. The molecule has 1 aromatic carbocycles. The van der Waals surface area contributed by atoms with Gasteiger partial charge in [0.2, 0.25) is 0 Å². The zero-order valence-electron chi connectivity index (χ0n) is 10.6. The van der Waals surface area contributed by atoms with Crippen LogP contribution < -0.4 is 5.32 Å².